The zero-order chi connectivity index (χ0) is 14.6. The van der Waals surface area contributed by atoms with Gasteiger partial charge in [-0.25, -0.2) is 0 Å². The second-order valence-corrected chi connectivity index (χ2v) is 4.24. The predicted molar refractivity (Wildman–Crippen MR) is 57.6 cm³/mol. The summed E-state index contributed by atoms with van der Waals surface area (Å²) in [5, 5.41) is 1.51. The molecule has 108 valence electrons. The molecule has 19 heavy (non-hydrogen) atoms. The number of carbonyl (C=O) groups is 3. The van der Waals surface area contributed by atoms with Crippen molar-refractivity contribution in [3.63, 3.8) is 0 Å². The van der Waals surface area contributed by atoms with Crippen molar-refractivity contribution >= 4 is 17.7 Å². The summed E-state index contributed by atoms with van der Waals surface area (Å²) in [6, 6.07) is 0. The number of likely N-dealkylation sites (tertiary alicyclic amines) is 1. The van der Waals surface area contributed by atoms with Crippen molar-refractivity contribution in [1.82, 2.24) is 10.2 Å². The van der Waals surface area contributed by atoms with Gasteiger partial charge >= 0.3 is 12.1 Å². The van der Waals surface area contributed by atoms with Crippen LogP contribution in [0.25, 0.3) is 0 Å². The smallest absolute Gasteiger partial charge is 0.369 e. The van der Waals surface area contributed by atoms with E-state index in [1.807, 2.05) is 0 Å². The maximum atomic E-state index is 11.9. The molecule has 0 spiro atoms. The van der Waals surface area contributed by atoms with E-state index in [0.29, 0.717) is 12.8 Å². The molecule has 1 aliphatic rings. The van der Waals surface area contributed by atoms with Gasteiger partial charge in [-0.15, -0.1) is 0 Å². The molecule has 3 amide bonds. The fourth-order valence-electron chi connectivity index (χ4n) is 1.78. The van der Waals surface area contributed by atoms with E-state index in [9.17, 15) is 27.6 Å². The molecule has 0 aromatic carbocycles. The lowest BCUT2D eigenvalue weighted by Gasteiger charge is -2.30. The highest BCUT2D eigenvalue weighted by atomic mass is 19.4. The minimum atomic E-state index is -5.00. The van der Waals surface area contributed by atoms with Gasteiger partial charge in [0.2, 0.25) is 11.8 Å². The van der Waals surface area contributed by atoms with Crippen molar-refractivity contribution in [1.29, 1.82) is 0 Å². The van der Waals surface area contributed by atoms with Gasteiger partial charge in [-0.05, 0) is 12.8 Å². The molecule has 0 aromatic heterocycles. The highest BCUT2D eigenvalue weighted by Crippen LogP contribution is 2.17. The van der Waals surface area contributed by atoms with Crippen LogP contribution in [-0.2, 0) is 14.4 Å². The van der Waals surface area contributed by atoms with Crippen LogP contribution in [0.4, 0.5) is 13.2 Å². The van der Waals surface area contributed by atoms with E-state index >= 15 is 0 Å². The van der Waals surface area contributed by atoms with Gasteiger partial charge in [0, 0.05) is 19.0 Å². The average Bonchev–Trinajstić information content (AvgIpc) is 2.34. The lowest BCUT2D eigenvalue weighted by Crippen LogP contribution is -2.47. The van der Waals surface area contributed by atoms with Crippen LogP contribution in [-0.4, -0.2) is 48.4 Å². The van der Waals surface area contributed by atoms with Gasteiger partial charge in [0.25, 0.3) is 0 Å². The number of carbonyl (C=O) groups excluding carboxylic acids is 3. The second-order valence-electron chi connectivity index (χ2n) is 4.24. The summed E-state index contributed by atoms with van der Waals surface area (Å²) in [6.45, 7) is -0.220. The van der Waals surface area contributed by atoms with E-state index in [1.165, 1.54) is 10.2 Å². The highest BCUT2D eigenvalue weighted by Gasteiger charge is 2.39. The molecule has 1 aliphatic heterocycles. The minimum Gasteiger partial charge on any atom is -0.369 e. The molecule has 0 radical (unpaired) electrons. The third-order valence-electron chi connectivity index (χ3n) is 2.91. The van der Waals surface area contributed by atoms with Crippen molar-refractivity contribution in [2.45, 2.75) is 19.0 Å². The van der Waals surface area contributed by atoms with Crippen LogP contribution in [0.5, 0.6) is 0 Å². The molecule has 1 saturated heterocycles. The van der Waals surface area contributed by atoms with E-state index < -0.39 is 30.4 Å². The third kappa shape index (κ3) is 4.42. The molecule has 0 aromatic rings. The van der Waals surface area contributed by atoms with Gasteiger partial charge in [-0.1, -0.05) is 0 Å². The Morgan fingerprint density at radius 3 is 2.16 bits per heavy atom. The largest absolute Gasteiger partial charge is 0.471 e. The van der Waals surface area contributed by atoms with Gasteiger partial charge in [0.1, 0.15) is 0 Å². The summed E-state index contributed by atoms with van der Waals surface area (Å²) in [5.41, 5.74) is 5.11. The lowest BCUT2D eigenvalue weighted by atomic mass is 9.96. The quantitative estimate of drug-likeness (QED) is 0.722. The molecular formula is C10H14F3N3O3. The zero-order valence-electron chi connectivity index (χ0n) is 10.00. The second kappa shape index (κ2) is 5.89. The maximum absolute atomic E-state index is 11.9. The van der Waals surface area contributed by atoms with E-state index in [0.717, 1.165) is 0 Å². The van der Waals surface area contributed by atoms with Crippen molar-refractivity contribution in [3.05, 3.63) is 0 Å². The van der Waals surface area contributed by atoms with E-state index in [-0.39, 0.29) is 19.0 Å². The molecule has 3 N–H and O–H groups in total. The number of rotatable bonds is 3. The Morgan fingerprint density at radius 2 is 1.74 bits per heavy atom. The van der Waals surface area contributed by atoms with Gasteiger partial charge in [0.15, 0.2) is 0 Å². The van der Waals surface area contributed by atoms with Gasteiger partial charge in [-0.3, -0.25) is 14.4 Å². The third-order valence-corrected chi connectivity index (χ3v) is 2.91. The number of nitrogens with one attached hydrogen (secondary N) is 1. The standard InChI is InChI=1S/C10H14F3N3O3/c11-10(12,13)9(19)15-5-7(17)16-3-1-6(2-4-16)8(14)18/h6H,1-5H2,(H2,14,18)(H,15,19). The number of piperidine rings is 1. The first-order valence-electron chi connectivity index (χ1n) is 5.64. The Balaban J connectivity index is 2.36. The van der Waals surface area contributed by atoms with Crippen molar-refractivity contribution < 1.29 is 27.6 Å². The Bertz CT molecular complexity index is 376. The van der Waals surface area contributed by atoms with Crippen LogP contribution in [0.3, 0.4) is 0 Å². The Morgan fingerprint density at radius 1 is 1.21 bits per heavy atom. The molecule has 0 bridgehead atoms. The molecular weight excluding hydrogens is 267 g/mol. The number of nitrogens with zero attached hydrogens (tertiary/aromatic N) is 1. The normalized spacial score (nSPS) is 17.1. The van der Waals surface area contributed by atoms with Gasteiger partial charge in [0.05, 0.1) is 6.54 Å². The van der Waals surface area contributed by atoms with Crippen molar-refractivity contribution in [3.8, 4) is 0 Å². The first-order valence-corrected chi connectivity index (χ1v) is 5.64. The lowest BCUT2D eigenvalue weighted by molar-refractivity contribution is -0.174. The van der Waals surface area contributed by atoms with Crippen molar-refractivity contribution in [2.24, 2.45) is 11.7 Å². The molecule has 1 rings (SSSR count). The minimum absolute atomic E-state index is 0.244. The average molecular weight is 281 g/mol. The van der Waals surface area contributed by atoms with Gasteiger partial charge in [-0.2, -0.15) is 13.2 Å². The number of alkyl halides is 3. The summed E-state index contributed by atoms with van der Waals surface area (Å²) in [7, 11) is 0. The number of hydrogen-bond donors (Lipinski definition) is 2. The van der Waals surface area contributed by atoms with E-state index in [1.54, 1.807) is 0 Å². The van der Waals surface area contributed by atoms with E-state index in [2.05, 4.69) is 0 Å². The van der Waals surface area contributed by atoms with Crippen LogP contribution in [0.15, 0.2) is 0 Å². The van der Waals surface area contributed by atoms with E-state index in [4.69, 9.17) is 5.73 Å². The molecule has 0 saturated carbocycles. The molecule has 0 unspecified atom stereocenters. The van der Waals surface area contributed by atoms with Crippen molar-refractivity contribution in [2.75, 3.05) is 19.6 Å². The molecule has 6 nitrogen and oxygen atoms in total. The van der Waals surface area contributed by atoms with Crippen LogP contribution in [0.2, 0.25) is 0 Å². The fraction of sp³-hybridized carbons (Fsp3) is 0.700. The summed E-state index contributed by atoms with van der Waals surface area (Å²) in [5.74, 6) is -3.51. The Labute approximate surface area is 107 Å². The SMILES string of the molecule is NC(=O)C1CCN(C(=O)CNC(=O)C(F)(F)F)CC1. The molecule has 1 fully saturated rings. The summed E-state index contributed by atoms with van der Waals surface area (Å²) >= 11 is 0. The van der Waals surface area contributed by atoms with Gasteiger partial charge < -0.3 is 16.0 Å². The van der Waals surface area contributed by atoms with Crippen LogP contribution in [0, 0.1) is 5.92 Å². The zero-order valence-corrected chi connectivity index (χ0v) is 10.00. The van der Waals surface area contributed by atoms with Crippen LogP contribution >= 0.6 is 0 Å². The summed E-state index contributed by atoms with van der Waals surface area (Å²) < 4.78 is 35.7. The maximum Gasteiger partial charge on any atom is 0.471 e. The number of nitrogens with two attached hydrogens (primary N) is 1. The highest BCUT2D eigenvalue weighted by molar-refractivity contribution is 5.87. The predicted octanol–water partition coefficient (Wildman–Crippen LogP) is -0.611. The monoisotopic (exact) mass is 281 g/mol. The Kier molecular flexibility index (Phi) is 4.73. The number of hydrogen-bond acceptors (Lipinski definition) is 3. The number of amides is 3. The molecule has 9 heteroatoms. The summed E-state index contributed by atoms with van der Waals surface area (Å²) in [4.78, 5) is 34.3. The fourth-order valence-corrected chi connectivity index (χ4v) is 1.78. The molecule has 1 heterocycles. The van der Waals surface area contributed by atoms with Crippen LogP contribution < -0.4 is 11.1 Å². The molecule has 0 atom stereocenters. The Hall–Kier alpha value is -1.80. The summed E-state index contributed by atoms with van der Waals surface area (Å²) in [6.07, 6.45) is -4.23. The number of primary amides is 1. The van der Waals surface area contributed by atoms with Crippen LogP contribution in [0.1, 0.15) is 12.8 Å². The first-order chi connectivity index (χ1) is 8.71. The number of halogens is 3. The topological polar surface area (TPSA) is 92.5 Å². The first kappa shape index (κ1) is 15.3. The molecule has 0 aliphatic carbocycles.